The fourth-order valence-electron chi connectivity index (χ4n) is 0.983. The number of rotatable bonds is 6. The maximum Gasteiger partial charge on any atom is 0.365 e. The summed E-state index contributed by atoms with van der Waals surface area (Å²) in [6.07, 6.45) is -4.29. The van der Waals surface area contributed by atoms with Crippen LogP contribution in [-0.2, 0) is 19.1 Å². The summed E-state index contributed by atoms with van der Waals surface area (Å²) in [6, 6.07) is 0. The molecule has 0 heterocycles. The maximum atomic E-state index is 12.7. The molecule has 98 valence electrons. The van der Waals surface area contributed by atoms with E-state index in [2.05, 4.69) is 4.74 Å². The van der Waals surface area contributed by atoms with E-state index in [1.54, 1.807) is 0 Å². The zero-order chi connectivity index (χ0) is 13.8. The number of esters is 1. The summed E-state index contributed by atoms with van der Waals surface area (Å²) >= 11 is 0. The molecule has 1 unspecified atom stereocenters. The van der Waals surface area contributed by atoms with Crippen molar-refractivity contribution in [3.8, 4) is 0 Å². The number of hydrogen-bond donors (Lipinski definition) is 0. The first-order valence-corrected chi connectivity index (χ1v) is 4.53. The van der Waals surface area contributed by atoms with Crippen LogP contribution in [-0.4, -0.2) is 36.5 Å². The van der Waals surface area contributed by atoms with Gasteiger partial charge in [0, 0.05) is 0 Å². The van der Waals surface area contributed by atoms with Crippen LogP contribution in [0.25, 0.3) is 0 Å². The van der Waals surface area contributed by atoms with Crippen molar-refractivity contribution in [2.75, 3.05) is 6.61 Å². The van der Waals surface area contributed by atoms with E-state index < -0.39 is 35.8 Å². The highest BCUT2D eigenvalue weighted by Gasteiger charge is 2.54. The molecule has 0 N–H and O–H groups in total. The van der Waals surface area contributed by atoms with Gasteiger partial charge < -0.3 is 4.74 Å². The summed E-state index contributed by atoms with van der Waals surface area (Å²) in [6.45, 7) is 1.71. The number of carbonyl (C=O) groups is 3. The number of ketones is 2. The lowest BCUT2D eigenvalue weighted by Gasteiger charge is -2.18. The average molecular weight is 258 g/mol. The Kier molecular flexibility index (Phi) is 5.24. The second-order valence-corrected chi connectivity index (χ2v) is 3.08. The summed E-state index contributed by atoms with van der Waals surface area (Å²) in [7, 11) is 0. The lowest BCUT2D eigenvalue weighted by atomic mass is 9.95. The molecule has 0 fully saturated rings. The first-order chi connectivity index (χ1) is 7.66. The molecule has 0 aromatic heterocycles. The minimum absolute atomic E-state index is 0.268. The van der Waals surface area contributed by atoms with E-state index in [0.717, 1.165) is 0 Å². The molecule has 0 saturated carbocycles. The van der Waals surface area contributed by atoms with Crippen LogP contribution in [0.4, 0.5) is 17.6 Å². The van der Waals surface area contributed by atoms with Gasteiger partial charge in [-0.1, -0.05) is 0 Å². The van der Waals surface area contributed by atoms with Gasteiger partial charge in [0.1, 0.15) is 0 Å². The zero-order valence-corrected chi connectivity index (χ0v) is 9.01. The van der Waals surface area contributed by atoms with Crippen LogP contribution >= 0.6 is 0 Å². The van der Waals surface area contributed by atoms with Crippen molar-refractivity contribution in [1.82, 2.24) is 0 Å². The third-order valence-electron chi connectivity index (χ3n) is 1.79. The maximum absolute atomic E-state index is 12.7. The number of alkyl halides is 4. The Morgan fingerprint density at radius 1 is 1.24 bits per heavy atom. The Balaban J connectivity index is 5.16. The van der Waals surface area contributed by atoms with E-state index in [-0.39, 0.29) is 6.61 Å². The minimum Gasteiger partial charge on any atom is -0.465 e. The van der Waals surface area contributed by atoms with Gasteiger partial charge in [-0.15, -0.1) is 0 Å². The van der Waals surface area contributed by atoms with Crippen molar-refractivity contribution in [3.63, 3.8) is 0 Å². The van der Waals surface area contributed by atoms with Gasteiger partial charge in [0.2, 0.25) is 5.78 Å². The van der Waals surface area contributed by atoms with Crippen molar-refractivity contribution in [3.05, 3.63) is 0 Å². The molecule has 0 amide bonds. The molecule has 0 aliphatic heterocycles. The van der Waals surface area contributed by atoms with Gasteiger partial charge in [-0.05, 0) is 13.8 Å². The first kappa shape index (κ1) is 15.5. The molecule has 0 saturated heterocycles. The molecule has 1 atom stereocenters. The van der Waals surface area contributed by atoms with Gasteiger partial charge in [-0.3, -0.25) is 14.4 Å². The molecule has 0 aliphatic carbocycles. The smallest absolute Gasteiger partial charge is 0.365 e. The molecule has 0 radical (unpaired) electrons. The number of ether oxygens (including phenoxy) is 1. The average Bonchev–Trinajstić information content (AvgIpc) is 2.17. The molecule has 0 rings (SSSR count). The predicted molar refractivity (Wildman–Crippen MR) is 46.8 cm³/mol. The molecule has 17 heavy (non-hydrogen) atoms. The normalized spacial score (nSPS) is 13.4. The quantitative estimate of drug-likeness (QED) is 0.408. The van der Waals surface area contributed by atoms with Crippen molar-refractivity contribution in [2.24, 2.45) is 5.92 Å². The summed E-state index contributed by atoms with van der Waals surface area (Å²) in [5, 5.41) is 0. The van der Waals surface area contributed by atoms with Crippen molar-refractivity contribution in [2.45, 2.75) is 26.2 Å². The van der Waals surface area contributed by atoms with E-state index >= 15 is 0 Å². The second kappa shape index (κ2) is 5.74. The Hall–Kier alpha value is -1.47. The lowest BCUT2D eigenvalue weighted by Crippen LogP contribution is -2.46. The Morgan fingerprint density at radius 2 is 1.71 bits per heavy atom. The van der Waals surface area contributed by atoms with E-state index in [1.807, 2.05) is 0 Å². The lowest BCUT2D eigenvalue weighted by molar-refractivity contribution is -0.177. The second-order valence-electron chi connectivity index (χ2n) is 3.08. The monoisotopic (exact) mass is 258 g/mol. The Morgan fingerprint density at radius 3 is 2.00 bits per heavy atom. The van der Waals surface area contributed by atoms with Crippen LogP contribution in [0.1, 0.15) is 13.8 Å². The van der Waals surface area contributed by atoms with Crippen molar-refractivity contribution in [1.29, 1.82) is 0 Å². The molecule has 0 aromatic rings. The van der Waals surface area contributed by atoms with E-state index in [0.29, 0.717) is 6.92 Å². The van der Waals surface area contributed by atoms with E-state index in [4.69, 9.17) is 0 Å². The zero-order valence-electron chi connectivity index (χ0n) is 9.01. The van der Waals surface area contributed by atoms with Gasteiger partial charge in [-0.25, -0.2) is 8.78 Å². The highest BCUT2D eigenvalue weighted by atomic mass is 19.3. The van der Waals surface area contributed by atoms with Crippen LogP contribution in [0.2, 0.25) is 0 Å². The first-order valence-electron chi connectivity index (χ1n) is 4.53. The van der Waals surface area contributed by atoms with Crippen LogP contribution in [0, 0.1) is 5.92 Å². The fraction of sp³-hybridized carbons (Fsp3) is 0.667. The van der Waals surface area contributed by atoms with Crippen LogP contribution in [0.5, 0.6) is 0 Å². The van der Waals surface area contributed by atoms with E-state index in [9.17, 15) is 31.9 Å². The standard InChI is InChI=1S/C9H10F4O4/c1-3-17-7(16)5(4(2)14)6(15)9(12,13)8(10)11/h5,8H,3H2,1-2H3. The number of Topliss-reactive ketones (excluding diaryl/α,β-unsaturated/α-hetero) is 2. The molecule has 8 heteroatoms. The van der Waals surface area contributed by atoms with Gasteiger partial charge in [-0.2, -0.15) is 8.78 Å². The van der Waals surface area contributed by atoms with Crippen molar-refractivity contribution >= 4 is 17.5 Å². The highest BCUT2D eigenvalue weighted by molar-refractivity contribution is 6.18. The third-order valence-corrected chi connectivity index (χ3v) is 1.79. The predicted octanol–water partition coefficient (Wildman–Crippen LogP) is 1.22. The van der Waals surface area contributed by atoms with Crippen LogP contribution in [0.3, 0.4) is 0 Å². The van der Waals surface area contributed by atoms with Gasteiger partial charge in [0.05, 0.1) is 6.61 Å². The molecule has 0 bridgehead atoms. The molecule has 4 nitrogen and oxygen atoms in total. The minimum atomic E-state index is -5.05. The number of hydrogen-bond acceptors (Lipinski definition) is 4. The summed E-state index contributed by atoms with van der Waals surface area (Å²) in [5.74, 6) is -12.8. The molecule has 0 spiro atoms. The fourth-order valence-corrected chi connectivity index (χ4v) is 0.983. The van der Waals surface area contributed by atoms with E-state index in [1.165, 1.54) is 6.92 Å². The summed E-state index contributed by atoms with van der Waals surface area (Å²) in [4.78, 5) is 32.9. The molecular weight excluding hydrogens is 248 g/mol. The van der Waals surface area contributed by atoms with Gasteiger partial charge in [0.15, 0.2) is 11.7 Å². The molecule has 0 aromatic carbocycles. The SMILES string of the molecule is CCOC(=O)C(C(C)=O)C(=O)C(F)(F)C(F)F. The Labute approximate surface area is 93.9 Å². The third kappa shape index (κ3) is 3.50. The molecular formula is C9H10F4O4. The van der Waals surface area contributed by atoms with Crippen LogP contribution in [0.15, 0.2) is 0 Å². The van der Waals surface area contributed by atoms with Gasteiger partial charge in [0.25, 0.3) is 0 Å². The summed E-state index contributed by atoms with van der Waals surface area (Å²) < 4.78 is 53.4. The number of carbonyl (C=O) groups excluding carboxylic acids is 3. The number of halogens is 4. The topological polar surface area (TPSA) is 60.4 Å². The largest absolute Gasteiger partial charge is 0.465 e. The van der Waals surface area contributed by atoms with Crippen molar-refractivity contribution < 1.29 is 36.7 Å². The molecule has 0 aliphatic rings. The Bertz CT molecular complexity index is 327. The summed E-state index contributed by atoms with van der Waals surface area (Å²) in [5.41, 5.74) is 0. The van der Waals surface area contributed by atoms with Gasteiger partial charge >= 0.3 is 18.3 Å². The van der Waals surface area contributed by atoms with Crippen LogP contribution < -0.4 is 0 Å². The highest BCUT2D eigenvalue weighted by Crippen LogP contribution is 2.28.